The number of carbonyl (C=O) groups excluding carboxylic acids is 2. The lowest BCUT2D eigenvalue weighted by molar-refractivity contribution is -0.123. The number of rotatable bonds is 5. The summed E-state index contributed by atoms with van der Waals surface area (Å²) in [5, 5.41) is 8.60. The van der Waals surface area contributed by atoms with Crippen molar-refractivity contribution in [2.24, 2.45) is 0 Å². The van der Waals surface area contributed by atoms with E-state index >= 15 is 0 Å². The molecule has 30 heavy (non-hydrogen) atoms. The average molecular weight is 423 g/mol. The molecule has 3 aromatic rings. The van der Waals surface area contributed by atoms with Crippen LogP contribution in [0.15, 0.2) is 53.9 Å². The smallest absolute Gasteiger partial charge is 0.280 e. The molecule has 0 unspecified atom stereocenters. The molecule has 0 aliphatic rings. The van der Waals surface area contributed by atoms with Gasteiger partial charge in [-0.15, -0.1) is 5.10 Å². The van der Waals surface area contributed by atoms with Crippen molar-refractivity contribution in [3.8, 4) is 0 Å². The maximum Gasteiger partial charge on any atom is 0.280 e. The summed E-state index contributed by atoms with van der Waals surface area (Å²) >= 11 is 1.10. The number of amides is 2. The highest BCUT2D eigenvalue weighted by molar-refractivity contribution is 7.03. The Balaban J connectivity index is 2.19. The van der Waals surface area contributed by atoms with Gasteiger partial charge in [0.15, 0.2) is 5.69 Å². The summed E-state index contributed by atoms with van der Waals surface area (Å²) < 4.78 is 3.83. The summed E-state index contributed by atoms with van der Waals surface area (Å²) in [6, 6.07) is 14.3. The van der Waals surface area contributed by atoms with Gasteiger partial charge in [-0.3, -0.25) is 14.5 Å². The minimum Gasteiger partial charge on any atom is -0.349 e. The Hall–Kier alpha value is -3.06. The number of nitrogens with zero attached hydrogens (tertiary/aromatic N) is 3. The van der Waals surface area contributed by atoms with Gasteiger partial charge < -0.3 is 5.32 Å². The van der Waals surface area contributed by atoms with Gasteiger partial charge >= 0.3 is 0 Å². The third-order valence-corrected chi connectivity index (χ3v) is 5.08. The van der Waals surface area contributed by atoms with Crippen molar-refractivity contribution in [1.82, 2.24) is 14.9 Å². The number of nitrogens with one attached hydrogen (secondary N) is 1. The number of hydrogen-bond donors (Lipinski definition) is 1. The van der Waals surface area contributed by atoms with E-state index in [1.807, 2.05) is 83.1 Å². The van der Waals surface area contributed by atoms with Crippen molar-refractivity contribution in [3.63, 3.8) is 0 Å². The number of aromatic nitrogens is 2. The molecular weight excluding hydrogens is 396 g/mol. The maximum atomic E-state index is 13.6. The number of hydrogen-bond acceptors (Lipinski definition) is 5. The summed E-state index contributed by atoms with van der Waals surface area (Å²) in [6.07, 6.45) is 0. The van der Waals surface area contributed by atoms with Crippen LogP contribution in [0.2, 0.25) is 0 Å². The molecule has 0 saturated carbocycles. The summed E-state index contributed by atoms with van der Waals surface area (Å²) in [5.41, 5.74) is 3.10. The van der Waals surface area contributed by atoms with Gasteiger partial charge in [0.05, 0.1) is 0 Å². The largest absolute Gasteiger partial charge is 0.349 e. The number of carbonyl (C=O) groups is 2. The fourth-order valence-corrected chi connectivity index (χ4v) is 3.62. The van der Waals surface area contributed by atoms with E-state index in [0.717, 1.165) is 28.2 Å². The molecule has 0 bridgehead atoms. The fourth-order valence-electron chi connectivity index (χ4n) is 3.19. The third-order valence-electron chi connectivity index (χ3n) is 4.57. The highest BCUT2D eigenvalue weighted by Gasteiger charge is 2.36. The summed E-state index contributed by atoms with van der Waals surface area (Å²) in [7, 11) is 0. The Morgan fingerprint density at radius 2 is 1.70 bits per heavy atom. The molecule has 2 amide bonds. The highest BCUT2D eigenvalue weighted by Crippen LogP contribution is 2.32. The minimum atomic E-state index is -0.861. The second-order valence-electron chi connectivity index (χ2n) is 8.30. The quantitative estimate of drug-likeness (QED) is 0.659. The first-order valence-electron chi connectivity index (χ1n) is 9.72. The molecule has 0 aliphatic heterocycles. The summed E-state index contributed by atoms with van der Waals surface area (Å²) in [6.45, 7) is 9.66. The highest BCUT2D eigenvalue weighted by atomic mass is 32.1. The Morgan fingerprint density at radius 3 is 2.27 bits per heavy atom. The van der Waals surface area contributed by atoms with E-state index in [0.29, 0.717) is 5.69 Å². The normalized spacial score (nSPS) is 12.3. The first kappa shape index (κ1) is 21.6. The number of benzene rings is 2. The van der Waals surface area contributed by atoms with E-state index in [4.69, 9.17) is 0 Å². The van der Waals surface area contributed by atoms with Crippen molar-refractivity contribution in [2.45, 2.75) is 46.2 Å². The van der Waals surface area contributed by atoms with E-state index in [2.05, 4.69) is 14.9 Å². The number of para-hydroxylation sites is 1. The topological polar surface area (TPSA) is 75.2 Å². The van der Waals surface area contributed by atoms with Gasteiger partial charge in [0.25, 0.3) is 5.91 Å². The zero-order valence-corrected chi connectivity index (χ0v) is 18.7. The Morgan fingerprint density at radius 1 is 1.03 bits per heavy atom. The van der Waals surface area contributed by atoms with Crippen LogP contribution in [0, 0.1) is 13.8 Å². The number of aryl methyl sites for hydroxylation is 2. The monoisotopic (exact) mass is 422 g/mol. The molecule has 2 aromatic carbocycles. The molecule has 0 aliphatic carbocycles. The van der Waals surface area contributed by atoms with E-state index in [1.165, 1.54) is 4.90 Å². The van der Waals surface area contributed by atoms with Crippen molar-refractivity contribution in [2.75, 3.05) is 4.90 Å². The molecule has 7 heteroatoms. The predicted molar refractivity (Wildman–Crippen MR) is 120 cm³/mol. The lowest BCUT2D eigenvalue weighted by Crippen LogP contribution is -2.49. The SMILES string of the molecule is Cc1ccc([C@H](C(=O)NC(C)(C)C)N(C(=O)c2csnn2)c2ccccc2C)cc1. The Labute approximate surface area is 181 Å². The molecule has 0 fully saturated rings. The molecule has 0 radical (unpaired) electrons. The lowest BCUT2D eigenvalue weighted by Gasteiger charge is -2.34. The van der Waals surface area contributed by atoms with E-state index < -0.39 is 11.6 Å². The molecule has 0 saturated heterocycles. The van der Waals surface area contributed by atoms with E-state index in [-0.39, 0.29) is 17.5 Å². The standard InChI is InChI=1S/C23H26N4O2S/c1-15-10-12-17(13-11-15)20(21(28)24-23(3,4)5)27(19-9-7-6-8-16(19)2)22(29)18-14-30-26-25-18/h6-14,20H,1-5H3,(H,24,28)/t20-/m1/s1. The zero-order chi connectivity index (χ0) is 21.9. The lowest BCUT2D eigenvalue weighted by atomic mass is 9.99. The Bertz CT molecular complexity index is 1020. The van der Waals surface area contributed by atoms with Crippen LogP contribution in [0.25, 0.3) is 0 Å². The number of anilines is 1. The summed E-state index contributed by atoms with van der Waals surface area (Å²) in [4.78, 5) is 28.6. The van der Waals surface area contributed by atoms with Gasteiger partial charge in [-0.2, -0.15) is 0 Å². The minimum absolute atomic E-state index is 0.212. The van der Waals surface area contributed by atoms with Crippen LogP contribution < -0.4 is 10.2 Å². The fraction of sp³-hybridized carbons (Fsp3) is 0.304. The van der Waals surface area contributed by atoms with Crippen LogP contribution in [-0.2, 0) is 4.79 Å². The molecule has 6 nitrogen and oxygen atoms in total. The van der Waals surface area contributed by atoms with E-state index in [1.54, 1.807) is 5.38 Å². The molecule has 3 rings (SSSR count). The van der Waals surface area contributed by atoms with Crippen molar-refractivity contribution in [1.29, 1.82) is 0 Å². The van der Waals surface area contributed by atoms with Gasteiger partial charge in [-0.05, 0) is 63.3 Å². The molecule has 0 spiro atoms. The molecule has 1 heterocycles. The van der Waals surface area contributed by atoms with Crippen molar-refractivity contribution in [3.05, 3.63) is 76.3 Å². The zero-order valence-electron chi connectivity index (χ0n) is 17.8. The first-order chi connectivity index (χ1) is 14.2. The van der Waals surface area contributed by atoms with E-state index in [9.17, 15) is 9.59 Å². The van der Waals surface area contributed by atoms with Gasteiger partial charge in [-0.25, -0.2) is 0 Å². The van der Waals surface area contributed by atoms with Crippen molar-refractivity contribution < 1.29 is 9.59 Å². The van der Waals surface area contributed by atoms with Gasteiger partial charge in [0.1, 0.15) is 6.04 Å². The molecule has 156 valence electrons. The molecular formula is C23H26N4O2S. The second kappa shape index (κ2) is 8.75. The second-order valence-corrected chi connectivity index (χ2v) is 8.91. The van der Waals surface area contributed by atoms with Gasteiger partial charge in [0.2, 0.25) is 5.91 Å². The summed E-state index contributed by atoms with van der Waals surface area (Å²) in [5.74, 6) is -0.626. The van der Waals surface area contributed by atoms with Crippen LogP contribution in [0.3, 0.4) is 0 Å². The molecule has 1 atom stereocenters. The van der Waals surface area contributed by atoms with Crippen LogP contribution in [0.4, 0.5) is 5.69 Å². The maximum absolute atomic E-state index is 13.6. The molecule has 1 aromatic heterocycles. The van der Waals surface area contributed by atoms with Gasteiger partial charge in [-0.1, -0.05) is 52.5 Å². The third kappa shape index (κ3) is 4.91. The first-order valence-corrected chi connectivity index (χ1v) is 10.6. The Kier molecular flexibility index (Phi) is 6.31. The average Bonchev–Trinajstić information content (AvgIpc) is 3.21. The van der Waals surface area contributed by atoms with Crippen LogP contribution >= 0.6 is 11.5 Å². The molecule has 1 N–H and O–H groups in total. The van der Waals surface area contributed by atoms with Crippen LogP contribution in [-0.4, -0.2) is 26.9 Å². The van der Waals surface area contributed by atoms with Crippen LogP contribution in [0.5, 0.6) is 0 Å². The predicted octanol–water partition coefficient (Wildman–Crippen LogP) is 4.46. The van der Waals surface area contributed by atoms with Crippen molar-refractivity contribution >= 4 is 29.0 Å². The van der Waals surface area contributed by atoms with Gasteiger partial charge in [0, 0.05) is 16.6 Å². The van der Waals surface area contributed by atoms with Crippen LogP contribution in [0.1, 0.15) is 54.0 Å².